The summed E-state index contributed by atoms with van der Waals surface area (Å²) in [6.07, 6.45) is 5.03. The van der Waals surface area contributed by atoms with E-state index in [-0.39, 0.29) is 12.2 Å². The molecule has 5 aromatic rings. The molecule has 0 aliphatic heterocycles. The first-order valence-electron chi connectivity index (χ1n) is 12.1. The molecule has 0 amide bonds. The second kappa shape index (κ2) is 11.8. The number of hydrogen-bond donors (Lipinski definition) is 1. The number of hydrogen-bond acceptors (Lipinski definition) is 10. The summed E-state index contributed by atoms with van der Waals surface area (Å²) in [7, 11) is 1.64. The molecule has 0 spiro atoms. The van der Waals surface area contributed by atoms with Crippen LogP contribution in [0.25, 0.3) is 16.7 Å². The fraction of sp³-hybridized carbons (Fsp3) is 0.179. The lowest BCUT2D eigenvalue weighted by molar-refractivity contribution is 0.0526. The Kier molecular flexibility index (Phi) is 7.88. The summed E-state index contributed by atoms with van der Waals surface area (Å²) in [6, 6.07) is 19.0. The molecule has 0 radical (unpaired) electrons. The largest absolute Gasteiger partial charge is 0.497 e. The van der Waals surface area contributed by atoms with E-state index < -0.39 is 5.97 Å². The first kappa shape index (κ1) is 26.0. The number of nitrogens with one attached hydrogen (secondary N) is 1. The highest BCUT2D eigenvalue weighted by Crippen LogP contribution is 2.32. The monoisotopic (exact) mass is 542 g/mol. The maximum Gasteiger partial charge on any atom is 0.343 e. The van der Waals surface area contributed by atoms with Crippen LogP contribution in [0, 0.1) is 0 Å². The molecule has 3 aromatic heterocycles. The first-order valence-corrected chi connectivity index (χ1v) is 13.4. The van der Waals surface area contributed by atoms with Crippen LogP contribution >= 0.6 is 11.8 Å². The molecule has 10 nitrogen and oxygen atoms in total. The molecule has 2 aromatic carbocycles. The van der Waals surface area contributed by atoms with E-state index in [2.05, 4.69) is 20.3 Å². The number of thioether (sulfide) groups is 1. The van der Waals surface area contributed by atoms with Gasteiger partial charge >= 0.3 is 5.97 Å². The van der Waals surface area contributed by atoms with E-state index in [1.165, 1.54) is 18.0 Å². The molecule has 0 aliphatic carbocycles. The molecule has 0 unspecified atom stereocenters. The van der Waals surface area contributed by atoms with Crippen LogP contribution in [0.1, 0.15) is 22.8 Å². The smallest absolute Gasteiger partial charge is 0.343 e. The fourth-order valence-corrected chi connectivity index (χ4v) is 4.19. The summed E-state index contributed by atoms with van der Waals surface area (Å²) in [5.41, 5.74) is 1.99. The number of pyridine rings is 1. The number of benzene rings is 2. The van der Waals surface area contributed by atoms with Gasteiger partial charge in [-0.25, -0.2) is 24.4 Å². The van der Waals surface area contributed by atoms with Crippen LogP contribution in [0.2, 0.25) is 0 Å². The Hall–Kier alpha value is -4.64. The van der Waals surface area contributed by atoms with Gasteiger partial charge in [-0.15, -0.1) is 5.10 Å². The van der Waals surface area contributed by atoms with Gasteiger partial charge in [0.05, 0.1) is 19.2 Å². The number of nitrogens with zero attached hydrogens (tertiary/aromatic N) is 5. The molecular weight excluding hydrogens is 516 g/mol. The van der Waals surface area contributed by atoms with Crippen LogP contribution in [0.4, 0.5) is 11.6 Å². The molecule has 0 aliphatic rings. The summed E-state index contributed by atoms with van der Waals surface area (Å²) in [4.78, 5) is 25.8. The van der Waals surface area contributed by atoms with Gasteiger partial charge in [0.25, 0.3) is 0 Å². The average molecular weight is 543 g/mol. The van der Waals surface area contributed by atoms with Crippen molar-refractivity contribution in [2.24, 2.45) is 0 Å². The third-order valence-electron chi connectivity index (χ3n) is 5.76. The minimum absolute atomic E-state index is 0.217. The van der Waals surface area contributed by atoms with Gasteiger partial charge in [0.2, 0.25) is 0 Å². The zero-order valence-electron chi connectivity index (χ0n) is 21.6. The van der Waals surface area contributed by atoms with Crippen LogP contribution in [-0.2, 0) is 11.3 Å². The number of anilines is 2. The lowest BCUT2D eigenvalue weighted by Crippen LogP contribution is -2.11. The van der Waals surface area contributed by atoms with E-state index >= 15 is 0 Å². The first-order chi connectivity index (χ1) is 19.1. The predicted molar refractivity (Wildman–Crippen MR) is 149 cm³/mol. The highest BCUT2D eigenvalue weighted by Gasteiger charge is 2.20. The van der Waals surface area contributed by atoms with Gasteiger partial charge in [-0.3, -0.25) is 0 Å². The molecule has 198 valence electrons. The van der Waals surface area contributed by atoms with E-state index in [0.29, 0.717) is 35.0 Å². The van der Waals surface area contributed by atoms with Crippen molar-refractivity contribution < 1.29 is 19.0 Å². The Bertz CT molecular complexity index is 1590. The third-order valence-corrected chi connectivity index (χ3v) is 6.33. The number of ether oxygens (including phenoxy) is 3. The van der Waals surface area contributed by atoms with Crippen molar-refractivity contribution >= 4 is 40.3 Å². The Morgan fingerprint density at radius 3 is 2.56 bits per heavy atom. The number of fused-ring (bicyclic) bond motifs is 1. The SMILES string of the molecule is CCOC(=O)c1cnc(SC)nc1Nc1nn(-c2ccccn2)c2cc(OCc3ccc(OC)cc3)ccc12. The molecule has 0 saturated carbocycles. The lowest BCUT2D eigenvalue weighted by atomic mass is 10.2. The minimum Gasteiger partial charge on any atom is -0.497 e. The topological polar surface area (TPSA) is 113 Å². The van der Waals surface area contributed by atoms with Crippen molar-refractivity contribution in [3.63, 3.8) is 0 Å². The maximum atomic E-state index is 12.6. The Balaban J connectivity index is 1.52. The molecule has 0 fully saturated rings. The molecule has 39 heavy (non-hydrogen) atoms. The molecule has 0 saturated heterocycles. The Morgan fingerprint density at radius 1 is 1.03 bits per heavy atom. The lowest BCUT2D eigenvalue weighted by Gasteiger charge is -2.10. The Labute approximate surface area is 229 Å². The van der Waals surface area contributed by atoms with Crippen molar-refractivity contribution in [3.8, 4) is 17.3 Å². The van der Waals surface area contributed by atoms with Crippen LogP contribution in [0.15, 0.2) is 78.2 Å². The standard InChI is InChI=1S/C28H26N6O4S/c1-4-37-27(35)22-16-30-28(39-3)32-25(22)31-26-21-13-12-20(38-17-18-8-10-19(36-2)11-9-18)15-23(21)34(33-26)24-7-5-6-14-29-24/h5-16H,4,17H2,1-3H3,(H,30,31,32,33). The van der Waals surface area contributed by atoms with Crippen molar-refractivity contribution in [1.29, 1.82) is 0 Å². The molecular formula is C28H26N6O4S. The summed E-state index contributed by atoms with van der Waals surface area (Å²) < 4.78 is 18.3. The third kappa shape index (κ3) is 5.78. The van der Waals surface area contributed by atoms with Crippen LogP contribution in [0.3, 0.4) is 0 Å². The van der Waals surface area contributed by atoms with E-state index in [1.54, 1.807) is 24.9 Å². The zero-order valence-corrected chi connectivity index (χ0v) is 22.4. The quantitative estimate of drug-likeness (QED) is 0.139. The fourth-order valence-electron chi connectivity index (χ4n) is 3.85. The van der Waals surface area contributed by atoms with Crippen molar-refractivity contribution in [2.45, 2.75) is 18.7 Å². The van der Waals surface area contributed by atoms with Crippen molar-refractivity contribution in [3.05, 3.63) is 84.2 Å². The average Bonchev–Trinajstić information content (AvgIpc) is 3.34. The number of rotatable bonds is 10. The van der Waals surface area contributed by atoms with E-state index in [0.717, 1.165) is 22.2 Å². The Morgan fingerprint density at radius 2 is 1.85 bits per heavy atom. The molecule has 5 rings (SSSR count). The summed E-state index contributed by atoms with van der Waals surface area (Å²) in [6.45, 7) is 2.37. The van der Waals surface area contributed by atoms with Gasteiger partial charge in [-0.05, 0) is 55.1 Å². The highest BCUT2D eigenvalue weighted by molar-refractivity contribution is 7.98. The van der Waals surface area contributed by atoms with Gasteiger partial charge < -0.3 is 19.5 Å². The second-order valence-electron chi connectivity index (χ2n) is 8.23. The molecule has 3 heterocycles. The van der Waals surface area contributed by atoms with Crippen molar-refractivity contribution in [1.82, 2.24) is 24.7 Å². The summed E-state index contributed by atoms with van der Waals surface area (Å²) >= 11 is 1.37. The zero-order chi connectivity index (χ0) is 27.2. The van der Waals surface area contributed by atoms with E-state index in [4.69, 9.17) is 19.3 Å². The van der Waals surface area contributed by atoms with Gasteiger partial charge in [0.1, 0.15) is 23.7 Å². The van der Waals surface area contributed by atoms with Crippen LogP contribution in [0.5, 0.6) is 11.5 Å². The second-order valence-corrected chi connectivity index (χ2v) is 9.00. The van der Waals surface area contributed by atoms with Gasteiger partial charge in [0, 0.05) is 23.8 Å². The number of carbonyl (C=O) groups excluding carboxylic acids is 1. The maximum absolute atomic E-state index is 12.6. The minimum atomic E-state index is -0.518. The highest BCUT2D eigenvalue weighted by atomic mass is 32.2. The number of methoxy groups -OCH3 is 1. The molecule has 0 bridgehead atoms. The van der Waals surface area contributed by atoms with E-state index in [1.807, 2.05) is 66.9 Å². The normalized spacial score (nSPS) is 10.8. The predicted octanol–water partition coefficient (Wildman–Crippen LogP) is 5.44. The van der Waals surface area contributed by atoms with E-state index in [9.17, 15) is 4.79 Å². The van der Waals surface area contributed by atoms with Crippen LogP contribution in [-0.4, -0.2) is 50.7 Å². The molecule has 1 N–H and O–H groups in total. The van der Waals surface area contributed by atoms with Gasteiger partial charge in [0.15, 0.2) is 22.6 Å². The summed E-state index contributed by atoms with van der Waals surface area (Å²) in [5, 5.41) is 9.32. The summed E-state index contributed by atoms with van der Waals surface area (Å²) in [5.74, 6) is 2.37. The molecule has 0 atom stereocenters. The van der Waals surface area contributed by atoms with Crippen molar-refractivity contribution in [2.75, 3.05) is 25.3 Å². The number of esters is 1. The van der Waals surface area contributed by atoms with Gasteiger partial charge in [-0.2, -0.15) is 0 Å². The number of aromatic nitrogens is 5. The van der Waals surface area contributed by atoms with Crippen LogP contribution < -0.4 is 14.8 Å². The van der Waals surface area contributed by atoms with Gasteiger partial charge in [-0.1, -0.05) is 30.0 Å². The molecule has 11 heteroatoms. The number of carbonyl (C=O) groups is 1.